The number of nitrogens with zero attached hydrogens (tertiary/aromatic N) is 3. The van der Waals surface area contributed by atoms with E-state index in [1.165, 1.54) is 0 Å². The van der Waals surface area contributed by atoms with Crippen LogP contribution in [0.3, 0.4) is 0 Å². The van der Waals surface area contributed by atoms with Crippen molar-refractivity contribution in [3.05, 3.63) is 0 Å². The van der Waals surface area contributed by atoms with E-state index in [4.69, 9.17) is 4.74 Å². The SMILES string of the molecule is CCN1CCN(C(=O)C(C)N2CCOC(C)C2)CC1. The Balaban J connectivity index is 1.85. The zero-order chi connectivity index (χ0) is 13.8. The maximum absolute atomic E-state index is 12.5. The van der Waals surface area contributed by atoms with Crippen LogP contribution in [-0.2, 0) is 9.53 Å². The predicted octanol–water partition coefficient (Wildman–Crippen LogP) is 0.260. The molecule has 2 unspecified atom stereocenters. The van der Waals surface area contributed by atoms with E-state index in [0.29, 0.717) is 0 Å². The van der Waals surface area contributed by atoms with Gasteiger partial charge in [0.05, 0.1) is 18.8 Å². The smallest absolute Gasteiger partial charge is 0.239 e. The highest BCUT2D eigenvalue weighted by atomic mass is 16.5. The van der Waals surface area contributed by atoms with Gasteiger partial charge in [0, 0.05) is 39.3 Å². The summed E-state index contributed by atoms with van der Waals surface area (Å²) in [6, 6.07) is -0.0143. The van der Waals surface area contributed by atoms with Gasteiger partial charge in [-0.25, -0.2) is 0 Å². The fourth-order valence-corrected chi connectivity index (χ4v) is 2.90. The van der Waals surface area contributed by atoms with E-state index in [1.807, 2.05) is 11.8 Å². The molecule has 2 fully saturated rings. The first-order valence-corrected chi connectivity index (χ1v) is 7.48. The summed E-state index contributed by atoms with van der Waals surface area (Å²) in [6.45, 7) is 13.6. The van der Waals surface area contributed by atoms with E-state index in [9.17, 15) is 4.79 Å². The summed E-state index contributed by atoms with van der Waals surface area (Å²) in [5, 5.41) is 0. The third-order valence-electron chi connectivity index (χ3n) is 4.31. The van der Waals surface area contributed by atoms with Gasteiger partial charge in [0.1, 0.15) is 0 Å². The van der Waals surface area contributed by atoms with Crippen LogP contribution in [0.25, 0.3) is 0 Å². The number of amides is 1. The second-order valence-electron chi connectivity index (χ2n) is 5.61. The number of ether oxygens (including phenoxy) is 1. The van der Waals surface area contributed by atoms with Crippen molar-refractivity contribution >= 4 is 5.91 Å². The highest BCUT2D eigenvalue weighted by molar-refractivity contribution is 5.81. The van der Waals surface area contributed by atoms with Crippen molar-refractivity contribution in [2.24, 2.45) is 0 Å². The first-order chi connectivity index (χ1) is 9.11. The van der Waals surface area contributed by atoms with Crippen molar-refractivity contribution in [1.82, 2.24) is 14.7 Å². The monoisotopic (exact) mass is 269 g/mol. The van der Waals surface area contributed by atoms with Crippen molar-refractivity contribution in [2.45, 2.75) is 32.9 Å². The third kappa shape index (κ3) is 3.68. The van der Waals surface area contributed by atoms with Crippen molar-refractivity contribution < 1.29 is 9.53 Å². The van der Waals surface area contributed by atoms with Gasteiger partial charge in [0.25, 0.3) is 0 Å². The lowest BCUT2D eigenvalue weighted by atomic mass is 10.2. The van der Waals surface area contributed by atoms with Crippen LogP contribution in [0.5, 0.6) is 0 Å². The standard InChI is InChI=1S/C14H27N3O2/c1-4-15-5-7-16(8-6-15)14(18)13(3)17-9-10-19-12(2)11-17/h12-13H,4-11H2,1-3H3. The molecule has 5 nitrogen and oxygen atoms in total. The molecule has 110 valence electrons. The van der Waals surface area contributed by atoms with Crippen LogP contribution in [0.1, 0.15) is 20.8 Å². The van der Waals surface area contributed by atoms with Gasteiger partial charge in [0.15, 0.2) is 0 Å². The molecular formula is C14H27N3O2. The number of carbonyl (C=O) groups excluding carboxylic acids is 1. The normalized spacial score (nSPS) is 28.4. The molecule has 0 aliphatic carbocycles. The van der Waals surface area contributed by atoms with Crippen LogP contribution in [0.2, 0.25) is 0 Å². The number of piperazine rings is 1. The van der Waals surface area contributed by atoms with Gasteiger partial charge in [-0.15, -0.1) is 0 Å². The van der Waals surface area contributed by atoms with E-state index >= 15 is 0 Å². The number of hydrogen-bond acceptors (Lipinski definition) is 4. The Morgan fingerprint density at radius 3 is 2.53 bits per heavy atom. The Labute approximate surface area is 116 Å². The zero-order valence-electron chi connectivity index (χ0n) is 12.5. The average Bonchev–Trinajstić information content (AvgIpc) is 2.46. The molecule has 2 aliphatic rings. The lowest BCUT2D eigenvalue weighted by Gasteiger charge is -2.39. The predicted molar refractivity (Wildman–Crippen MR) is 75.1 cm³/mol. The molecular weight excluding hydrogens is 242 g/mol. The molecule has 2 saturated heterocycles. The van der Waals surface area contributed by atoms with Crippen LogP contribution in [0.4, 0.5) is 0 Å². The second kappa shape index (κ2) is 6.68. The Morgan fingerprint density at radius 2 is 1.95 bits per heavy atom. The molecule has 2 heterocycles. The molecule has 0 saturated carbocycles. The number of hydrogen-bond donors (Lipinski definition) is 0. The summed E-state index contributed by atoms with van der Waals surface area (Å²) >= 11 is 0. The molecule has 2 rings (SSSR count). The van der Waals surface area contributed by atoms with Gasteiger partial charge >= 0.3 is 0 Å². The highest BCUT2D eigenvalue weighted by Crippen LogP contribution is 2.12. The third-order valence-corrected chi connectivity index (χ3v) is 4.31. The Kier molecular flexibility index (Phi) is 5.19. The van der Waals surface area contributed by atoms with E-state index in [-0.39, 0.29) is 18.1 Å². The van der Waals surface area contributed by atoms with E-state index < -0.39 is 0 Å². The molecule has 0 bridgehead atoms. The molecule has 0 N–H and O–H groups in total. The molecule has 19 heavy (non-hydrogen) atoms. The molecule has 2 atom stereocenters. The molecule has 2 aliphatic heterocycles. The topological polar surface area (TPSA) is 36.0 Å². The lowest BCUT2D eigenvalue weighted by molar-refractivity contribution is -0.141. The largest absolute Gasteiger partial charge is 0.376 e. The Morgan fingerprint density at radius 1 is 1.26 bits per heavy atom. The zero-order valence-corrected chi connectivity index (χ0v) is 12.5. The molecule has 0 aromatic heterocycles. The molecule has 0 aromatic rings. The summed E-state index contributed by atoms with van der Waals surface area (Å²) in [5.41, 5.74) is 0. The van der Waals surface area contributed by atoms with Crippen LogP contribution in [-0.4, -0.2) is 85.2 Å². The van der Waals surface area contributed by atoms with Crippen LogP contribution >= 0.6 is 0 Å². The van der Waals surface area contributed by atoms with Gasteiger partial charge in [-0.05, 0) is 20.4 Å². The Bertz CT molecular complexity index is 303. The first-order valence-electron chi connectivity index (χ1n) is 7.48. The molecule has 1 amide bonds. The molecule has 0 spiro atoms. The highest BCUT2D eigenvalue weighted by Gasteiger charge is 2.30. The number of likely N-dealkylation sites (N-methyl/N-ethyl adjacent to an activating group) is 1. The maximum Gasteiger partial charge on any atom is 0.239 e. The van der Waals surface area contributed by atoms with E-state index in [0.717, 1.165) is 52.4 Å². The van der Waals surface area contributed by atoms with Crippen LogP contribution < -0.4 is 0 Å². The van der Waals surface area contributed by atoms with Crippen LogP contribution in [0.15, 0.2) is 0 Å². The van der Waals surface area contributed by atoms with Crippen molar-refractivity contribution in [3.8, 4) is 0 Å². The van der Waals surface area contributed by atoms with Gasteiger partial charge in [-0.3, -0.25) is 9.69 Å². The Hall–Kier alpha value is -0.650. The van der Waals surface area contributed by atoms with Crippen molar-refractivity contribution in [2.75, 3.05) is 52.4 Å². The average molecular weight is 269 g/mol. The summed E-state index contributed by atoms with van der Waals surface area (Å²) in [6.07, 6.45) is 0.237. The fraction of sp³-hybridized carbons (Fsp3) is 0.929. The minimum atomic E-state index is -0.0143. The fourth-order valence-electron chi connectivity index (χ4n) is 2.90. The van der Waals surface area contributed by atoms with Crippen molar-refractivity contribution in [3.63, 3.8) is 0 Å². The summed E-state index contributed by atoms with van der Waals surface area (Å²) < 4.78 is 5.54. The number of morpholine rings is 1. The van der Waals surface area contributed by atoms with Crippen molar-refractivity contribution in [1.29, 1.82) is 0 Å². The molecule has 5 heteroatoms. The quantitative estimate of drug-likeness (QED) is 0.736. The summed E-state index contributed by atoms with van der Waals surface area (Å²) in [4.78, 5) is 19.2. The van der Waals surface area contributed by atoms with E-state index in [1.54, 1.807) is 0 Å². The number of carbonyl (C=O) groups is 1. The second-order valence-corrected chi connectivity index (χ2v) is 5.61. The van der Waals surface area contributed by atoms with Gasteiger partial charge < -0.3 is 14.5 Å². The minimum Gasteiger partial charge on any atom is -0.376 e. The summed E-state index contributed by atoms with van der Waals surface area (Å²) in [5.74, 6) is 0.282. The van der Waals surface area contributed by atoms with Gasteiger partial charge in [-0.2, -0.15) is 0 Å². The summed E-state index contributed by atoms with van der Waals surface area (Å²) in [7, 11) is 0. The molecule has 0 aromatic carbocycles. The molecule has 0 radical (unpaired) electrons. The number of rotatable bonds is 3. The van der Waals surface area contributed by atoms with E-state index in [2.05, 4.69) is 23.6 Å². The van der Waals surface area contributed by atoms with Gasteiger partial charge in [0.2, 0.25) is 5.91 Å². The van der Waals surface area contributed by atoms with Crippen LogP contribution in [0, 0.1) is 0 Å². The lowest BCUT2D eigenvalue weighted by Crippen LogP contribution is -2.56. The minimum absolute atomic E-state index is 0.0143. The first kappa shape index (κ1) is 14.8. The maximum atomic E-state index is 12.5. The van der Waals surface area contributed by atoms with Gasteiger partial charge in [-0.1, -0.05) is 6.92 Å².